The molecule has 0 amide bonds. The molecule has 66 heavy (non-hydrogen) atoms. The third-order valence-electron chi connectivity index (χ3n) is 11.4. The largest absolute Gasteiger partial charge is 0.472 e. The highest BCUT2D eigenvalue weighted by atomic mass is 31.2. The van der Waals surface area contributed by atoms with E-state index in [2.05, 4.69) is 86.8 Å². The average Bonchev–Trinajstić information content (AvgIpc) is 3.31. The number of rotatable bonds is 51. The first-order valence-corrected chi connectivity index (χ1v) is 28.4. The van der Waals surface area contributed by atoms with Crippen LogP contribution in [0.4, 0.5) is 0 Å². The first-order chi connectivity index (χ1) is 32.3. The molecule has 0 rings (SSSR count). The first-order valence-electron chi connectivity index (χ1n) is 26.9. The van der Waals surface area contributed by atoms with Gasteiger partial charge in [0.1, 0.15) is 12.2 Å². The lowest BCUT2D eigenvalue weighted by Crippen LogP contribution is -2.29. The van der Waals surface area contributed by atoms with Crippen molar-refractivity contribution < 1.29 is 43.0 Å². The van der Waals surface area contributed by atoms with E-state index in [1.807, 2.05) is 0 Å². The molecule has 0 radical (unpaired) electrons. The molecule has 0 aliphatic carbocycles. The van der Waals surface area contributed by atoms with Crippen molar-refractivity contribution in [3.8, 4) is 0 Å². The van der Waals surface area contributed by atoms with Gasteiger partial charge < -0.3 is 24.6 Å². The number of carbonyl (C=O) groups excluding carboxylic acids is 1. The zero-order valence-electron chi connectivity index (χ0n) is 42.4. The fourth-order valence-corrected chi connectivity index (χ4v) is 8.04. The minimum Gasteiger partial charge on any atom is -0.457 e. The zero-order chi connectivity index (χ0) is 48.1. The van der Waals surface area contributed by atoms with Crippen molar-refractivity contribution in [2.45, 2.75) is 244 Å². The van der Waals surface area contributed by atoms with Crippen molar-refractivity contribution in [2.75, 3.05) is 33.0 Å². The molecule has 0 aromatic carbocycles. The van der Waals surface area contributed by atoms with Crippen LogP contribution in [0, 0.1) is 0 Å². The summed E-state index contributed by atoms with van der Waals surface area (Å²) in [5, 5.41) is 18.4. The first kappa shape index (κ1) is 63.9. The van der Waals surface area contributed by atoms with Crippen molar-refractivity contribution in [1.29, 1.82) is 0 Å². The van der Waals surface area contributed by atoms with Gasteiger partial charge in [-0.2, -0.15) is 0 Å². The summed E-state index contributed by atoms with van der Waals surface area (Å²) < 4.78 is 33.6. The predicted octanol–water partition coefficient (Wildman–Crippen LogP) is 16.0. The fourth-order valence-electron chi connectivity index (χ4n) is 7.25. The Balaban J connectivity index is 4.12. The van der Waals surface area contributed by atoms with Crippen LogP contribution in [0.15, 0.2) is 72.9 Å². The second-order valence-electron chi connectivity index (χ2n) is 17.9. The van der Waals surface area contributed by atoms with E-state index in [1.54, 1.807) is 0 Å². The summed E-state index contributed by atoms with van der Waals surface area (Å²) in [6, 6.07) is 0. The number of unbranched alkanes of at least 4 members (excludes halogenated alkanes) is 25. The van der Waals surface area contributed by atoms with E-state index in [4.69, 9.17) is 23.6 Å². The lowest BCUT2D eigenvalue weighted by atomic mass is 10.1. The molecule has 3 unspecified atom stereocenters. The summed E-state index contributed by atoms with van der Waals surface area (Å²) >= 11 is 0. The minimum absolute atomic E-state index is 0.0364. The number of allylic oxidation sites excluding steroid dienone is 12. The summed E-state index contributed by atoms with van der Waals surface area (Å²) in [7, 11) is -4.54. The molecular weight excluding hydrogens is 848 g/mol. The van der Waals surface area contributed by atoms with Crippen LogP contribution in [-0.4, -0.2) is 66.3 Å². The maximum atomic E-state index is 12.7. The maximum Gasteiger partial charge on any atom is 0.472 e. The van der Waals surface area contributed by atoms with Gasteiger partial charge in [0.05, 0.1) is 26.4 Å². The van der Waals surface area contributed by atoms with Crippen molar-refractivity contribution in [2.24, 2.45) is 0 Å². The van der Waals surface area contributed by atoms with E-state index in [0.29, 0.717) is 13.0 Å². The number of hydrogen-bond acceptors (Lipinski definition) is 8. The van der Waals surface area contributed by atoms with E-state index in [1.165, 1.54) is 128 Å². The molecule has 10 heteroatoms. The van der Waals surface area contributed by atoms with Gasteiger partial charge in [0.15, 0.2) is 0 Å². The Morgan fingerprint density at radius 3 is 1.23 bits per heavy atom. The maximum absolute atomic E-state index is 12.7. The summed E-state index contributed by atoms with van der Waals surface area (Å²) in [4.78, 5) is 22.7. The molecule has 0 aliphatic rings. The van der Waals surface area contributed by atoms with Crippen LogP contribution in [0.3, 0.4) is 0 Å². The SMILES string of the molecule is CCCCCCC/C=C\C/C=C\C/C=C\CCCCCCCCCCC(=O)OC(COCCCCCCCCC/C=C\C/C=C\C/C=C\CCCCCCC)COP(=O)(O)OCC(O)CO. The number of ether oxygens (including phenoxy) is 2. The highest BCUT2D eigenvalue weighted by molar-refractivity contribution is 7.47. The van der Waals surface area contributed by atoms with Gasteiger partial charge in [-0.25, -0.2) is 4.57 Å². The highest BCUT2D eigenvalue weighted by Gasteiger charge is 2.26. The van der Waals surface area contributed by atoms with Gasteiger partial charge in [0.2, 0.25) is 0 Å². The van der Waals surface area contributed by atoms with Crippen LogP contribution in [0.2, 0.25) is 0 Å². The molecule has 0 fully saturated rings. The molecule has 0 aliphatic heterocycles. The van der Waals surface area contributed by atoms with Crippen molar-refractivity contribution >= 4 is 13.8 Å². The average molecular weight is 949 g/mol. The Morgan fingerprint density at radius 2 is 0.818 bits per heavy atom. The Bertz CT molecular complexity index is 1260. The van der Waals surface area contributed by atoms with E-state index in [9.17, 15) is 19.4 Å². The number of phosphoric acid groups is 1. The van der Waals surface area contributed by atoms with E-state index >= 15 is 0 Å². The molecule has 0 aromatic heterocycles. The molecule has 0 spiro atoms. The van der Waals surface area contributed by atoms with Gasteiger partial charge in [0, 0.05) is 13.0 Å². The number of aliphatic hydroxyl groups excluding tert-OH is 2. The fraction of sp³-hybridized carbons (Fsp3) is 0.768. The molecule has 0 bridgehead atoms. The summed E-state index contributed by atoms with van der Waals surface area (Å²) in [5.41, 5.74) is 0. The number of phosphoric ester groups is 1. The smallest absolute Gasteiger partial charge is 0.457 e. The molecule has 384 valence electrons. The standard InChI is InChI=1S/C56H101O9P/c1-3-5-7-9-11-13-15-17-19-21-23-25-27-28-30-32-34-36-38-40-42-44-46-48-56(59)65-55(53-64-66(60,61)63-51-54(58)50-57)52-62-49-47-45-43-41-39-37-35-33-31-29-26-24-22-20-18-16-14-12-10-8-6-4-2/h15-18,21-24,27-29,31,54-55,57-58H,3-14,19-20,25-26,30,32-53H2,1-2H3,(H,60,61)/b17-15-,18-16-,23-21-,24-22-,28-27-,31-29-. The van der Waals surface area contributed by atoms with E-state index in [0.717, 1.165) is 77.0 Å². The second-order valence-corrected chi connectivity index (χ2v) is 19.3. The van der Waals surface area contributed by atoms with Gasteiger partial charge in [-0.3, -0.25) is 13.8 Å². The summed E-state index contributed by atoms with van der Waals surface area (Å²) in [5.74, 6) is -0.394. The van der Waals surface area contributed by atoms with E-state index < -0.39 is 39.2 Å². The van der Waals surface area contributed by atoms with Gasteiger partial charge >= 0.3 is 13.8 Å². The van der Waals surface area contributed by atoms with Crippen LogP contribution in [0.1, 0.15) is 232 Å². The van der Waals surface area contributed by atoms with Crippen molar-refractivity contribution in [3.05, 3.63) is 72.9 Å². The molecule has 0 heterocycles. The van der Waals surface area contributed by atoms with Crippen LogP contribution < -0.4 is 0 Å². The van der Waals surface area contributed by atoms with Crippen molar-refractivity contribution in [1.82, 2.24) is 0 Å². The molecular formula is C56H101O9P. The van der Waals surface area contributed by atoms with Gasteiger partial charge in [-0.1, -0.05) is 209 Å². The Morgan fingerprint density at radius 1 is 0.470 bits per heavy atom. The minimum atomic E-state index is -4.54. The van der Waals surface area contributed by atoms with Crippen LogP contribution in [-0.2, 0) is 27.9 Å². The molecule has 9 nitrogen and oxygen atoms in total. The predicted molar refractivity (Wildman–Crippen MR) is 279 cm³/mol. The number of carbonyl (C=O) groups is 1. The molecule has 0 aromatic rings. The van der Waals surface area contributed by atoms with Gasteiger partial charge in [-0.15, -0.1) is 0 Å². The van der Waals surface area contributed by atoms with Gasteiger partial charge in [0.25, 0.3) is 0 Å². The number of hydrogen-bond donors (Lipinski definition) is 3. The normalized spacial score (nSPS) is 14.3. The number of aliphatic hydroxyl groups is 2. The summed E-state index contributed by atoms with van der Waals surface area (Å²) in [6.07, 6.45) is 64.4. The second kappa shape index (κ2) is 52.3. The highest BCUT2D eigenvalue weighted by Crippen LogP contribution is 2.43. The quantitative estimate of drug-likeness (QED) is 0.0236. The Hall–Kier alpha value is -2.10. The molecule has 0 saturated heterocycles. The molecule has 3 N–H and O–H groups in total. The summed E-state index contributed by atoms with van der Waals surface area (Å²) in [6.45, 7) is 3.48. The lowest BCUT2D eigenvalue weighted by Gasteiger charge is -2.20. The topological polar surface area (TPSA) is 132 Å². The third kappa shape index (κ3) is 51.3. The molecule has 0 saturated carbocycles. The lowest BCUT2D eigenvalue weighted by molar-refractivity contribution is -0.154. The van der Waals surface area contributed by atoms with E-state index in [-0.39, 0.29) is 19.6 Å². The van der Waals surface area contributed by atoms with Crippen LogP contribution in [0.5, 0.6) is 0 Å². The van der Waals surface area contributed by atoms with Crippen LogP contribution in [0.25, 0.3) is 0 Å². The zero-order valence-corrected chi connectivity index (χ0v) is 43.3. The third-order valence-corrected chi connectivity index (χ3v) is 12.3. The monoisotopic (exact) mass is 949 g/mol. The Kier molecular flexibility index (Phi) is 50.6. The van der Waals surface area contributed by atoms with Gasteiger partial charge in [-0.05, 0) is 89.9 Å². The number of esters is 1. The van der Waals surface area contributed by atoms with Crippen LogP contribution >= 0.6 is 7.82 Å². The molecule has 3 atom stereocenters. The van der Waals surface area contributed by atoms with Crippen molar-refractivity contribution in [3.63, 3.8) is 0 Å². The Labute approximate surface area is 405 Å².